The van der Waals surface area contributed by atoms with Gasteiger partial charge in [-0.05, 0) is 0 Å². The predicted molar refractivity (Wildman–Crippen MR) is 70.1 cm³/mol. The van der Waals surface area contributed by atoms with E-state index in [4.69, 9.17) is 10.6 Å². The standard InChI is InChI=1S/C11H17N7O/c1-4-7-15-8(5-2)18(17-7)11-9(19-3)10(16-12)13-6-14-11/h6H,4-5,12H2,1-3H3,(H,13,14,16). The van der Waals surface area contributed by atoms with Crippen LogP contribution in [0.2, 0.25) is 0 Å². The molecule has 19 heavy (non-hydrogen) atoms. The molecule has 0 saturated heterocycles. The van der Waals surface area contributed by atoms with E-state index in [9.17, 15) is 0 Å². The lowest BCUT2D eigenvalue weighted by Gasteiger charge is -2.11. The summed E-state index contributed by atoms with van der Waals surface area (Å²) in [5.74, 6) is 8.36. The van der Waals surface area contributed by atoms with E-state index < -0.39 is 0 Å². The number of hydrogen-bond donors (Lipinski definition) is 2. The predicted octanol–water partition coefficient (Wildman–Crippen LogP) is 0.476. The third kappa shape index (κ3) is 2.34. The summed E-state index contributed by atoms with van der Waals surface area (Å²) in [6, 6.07) is 0. The molecule has 3 N–H and O–H groups in total. The molecule has 0 aliphatic heterocycles. The molecule has 0 bridgehead atoms. The van der Waals surface area contributed by atoms with Gasteiger partial charge < -0.3 is 10.2 Å². The SMILES string of the molecule is CCc1nc(CC)n(-c2ncnc(NN)c2OC)n1. The first-order valence-electron chi connectivity index (χ1n) is 6.05. The normalized spacial score (nSPS) is 10.5. The third-order valence-corrected chi connectivity index (χ3v) is 2.68. The number of rotatable bonds is 5. The average molecular weight is 263 g/mol. The summed E-state index contributed by atoms with van der Waals surface area (Å²) in [6.07, 6.45) is 2.90. The number of aromatic nitrogens is 5. The van der Waals surface area contributed by atoms with Crippen molar-refractivity contribution in [2.24, 2.45) is 5.84 Å². The second-order valence-corrected chi connectivity index (χ2v) is 3.79. The first-order chi connectivity index (χ1) is 9.24. The summed E-state index contributed by atoms with van der Waals surface area (Å²) in [6.45, 7) is 4.01. The van der Waals surface area contributed by atoms with Crippen LogP contribution in [0.1, 0.15) is 25.5 Å². The fourth-order valence-electron chi connectivity index (χ4n) is 1.75. The molecule has 0 atom stereocenters. The van der Waals surface area contributed by atoms with Crippen LogP contribution in [0.25, 0.3) is 5.82 Å². The van der Waals surface area contributed by atoms with E-state index in [1.165, 1.54) is 13.4 Å². The molecule has 2 aromatic rings. The van der Waals surface area contributed by atoms with Crippen molar-refractivity contribution in [3.8, 4) is 11.6 Å². The summed E-state index contributed by atoms with van der Waals surface area (Å²) in [5, 5.41) is 4.42. The van der Waals surface area contributed by atoms with E-state index >= 15 is 0 Å². The van der Waals surface area contributed by atoms with Gasteiger partial charge >= 0.3 is 0 Å². The van der Waals surface area contributed by atoms with Gasteiger partial charge in [0.15, 0.2) is 11.6 Å². The molecular weight excluding hydrogens is 246 g/mol. The van der Waals surface area contributed by atoms with Gasteiger partial charge in [0, 0.05) is 12.8 Å². The Bertz CT molecular complexity index is 566. The number of nitrogen functional groups attached to an aromatic ring is 1. The zero-order valence-corrected chi connectivity index (χ0v) is 11.2. The molecule has 0 saturated carbocycles. The van der Waals surface area contributed by atoms with Crippen LogP contribution in [0, 0.1) is 0 Å². The zero-order valence-electron chi connectivity index (χ0n) is 11.2. The van der Waals surface area contributed by atoms with E-state index in [1.807, 2.05) is 13.8 Å². The van der Waals surface area contributed by atoms with Crippen LogP contribution < -0.4 is 16.0 Å². The van der Waals surface area contributed by atoms with Crippen LogP contribution in [0.5, 0.6) is 5.75 Å². The largest absolute Gasteiger partial charge is 0.490 e. The Hall–Kier alpha value is -2.22. The molecule has 2 heterocycles. The minimum atomic E-state index is 0.406. The van der Waals surface area contributed by atoms with E-state index in [0.717, 1.165) is 24.5 Å². The maximum absolute atomic E-state index is 5.41. The van der Waals surface area contributed by atoms with Gasteiger partial charge in [-0.15, -0.1) is 5.10 Å². The third-order valence-electron chi connectivity index (χ3n) is 2.68. The van der Waals surface area contributed by atoms with E-state index in [0.29, 0.717) is 17.4 Å². The van der Waals surface area contributed by atoms with E-state index in [1.54, 1.807) is 4.68 Å². The van der Waals surface area contributed by atoms with Crippen molar-refractivity contribution in [2.75, 3.05) is 12.5 Å². The monoisotopic (exact) mass is 263 g/mol. The summed E-state index contributed by atoms with van der Waals surface area (Å²) < 4.78 is 6.97. The highest BCUT2D eigenvalue weighted by Crippen LogP contribution is 2.27. The minimum Gasteiger partial charge on any atom is -0.490 e. The maximum Gasteiger partial charge on any atom is 0.207 e. The Morgan fingerprint density at radius 2 is 2.11 bits per heavy atom. The van der Waals surface area contributed by atoms with E-state index in [2.05, 4.69) is 25.5 Å². The smallest absolute Gasteiger partial charge is 0.207 e. The van der Waals surface area contributed by atoms with Gasteiger partial charge in [0.05, 0.1) is 7.11 Å². The van der Waals surface area contributed by atoms with Gasteiger partial charge in [-0.3, -0.25) is 0 Å². The van der Waals surface area contributed by atoms with Crippen LogP contribution >= 0.6 is 0 Å². The lowest BCUT2D eigenvalue weighted by atomic mass is 10.4. The number of hydrazine groups is 1. The van der Waals surface area contributed by atoms with Crippen molar-refractivity contribution in [2.45, 2.75) is 26.7 Å². The number of anilines is 1. The highest BCUT2D eigenvalue weighted by molar-refractivity contribution is 5.57. The molecule has 0 aliphatic carbocycles. The Morgan fingerprint density at radius 1 is 1.32 bits per heavy atom. The fraction of sp³-hybridized carbons (Fsp3) is 0.455. The topological polar surface area (TPSA) is 104 Å². The summed E-state index contributed by atoms with van der Waals surface area (Å²) in [7, 11) is 1.53. The van der Waals surface area contributed by atoms with Gasteiger partial charge in [0.1, 0.15) is 12.2 Å². The Morgan fingerprint density at radius 3 is 2.68 bits per heavy atom. The molecule has 8 heteroatoms. The van der Waals surface area contributed by atoms with Gasteiger partial charge in [-0.25, -0.2) is 20.8 Å². The second kappa shape index (κ2) is 5.61. The molecule has 0 amide bonds. The number of hydrogen-bond acceptors (Lipinski definition) is 7. The lowest BCUT2D eigenvalue weighted by molar-refractivity contribution is 0.408. The summed E-state index contributed by atoms with van der Waals surface area (Å²) in [5.41, 5.74) is 2.48. The second-order valence-electron chi connectivity index (χ2n) is 3.79. The molecule has 2 rings (SSSR count). The Labute approximate surface area is 111 Å². The summed E-state index contributed by atoms with van der Waals surface area (Å²) >= 11 is 0. The van der Waals surface area contributed by atoms with Gasteiger partial charge in [0.25, 0.3) is 0 Å². The molecule has 2 aromatic heterocycles. The van der Waals surface area contributed by atoms with Crippen LogP contribution in [0.15, 0.2) is 6.33 Å². The highest BCUT2D eigenvalue weighted by atomic mass is 16.5. The molecule has 0 radical (unpaired) electrons. The lowest BCUT2D eigenvalue weighted by Crippen LogP contribution is -2.14. The fourth-order valence-corrected chi connectivity index (χ4v) is 1.75. The highest BCUT2D eigenvalue weighted by Gasteiger charge is 2.18. The first-order valence-corrected chi connectivity index (χ1v) is 6.05. The molecule has 0 aromatic carbocycles. The van der Waals surface area contributed by atoms with Crippen LogP contribution in [0.3, 0.4) is 0 Å². The van der Waals surface area contributed by atoms with Gasteiger partial charge in [-0.2, -0.15) is 4.68 Å². The number of nitrogens with two attached hydrogens (primary N) is 1. The average Bonchev–Trinajstić information content (AvgIpc) is 2.89. The van der Waals surface area contributed by atoms with Crippen molar-refractivity contribution in [3.05, 3.63) is 18.0 Å². The Kier molecular flexibility index (Phi) is 3.91. The van der Waals surface area contributed by atoms with Crippen molar-refractivity contribution in [1.29, 1.82) is 0 Å². The zero-order chi connectivity index (χ0) is 13.8. The molecule has 8 nitrogen and oxygen atoms in total. The maximum atomic E-state index is 5.41. The first kappa shape index (κ1) is 13.2. The number of ether oxygens (including phenoxy) is 1. The number of nitrogens with one attached hydrogen (secondary N) is 1. The molecule has 0 fully saturated rings. The van der Waals surface area contributed by atoms with Crippen molar-refractivity contribution in [1.82, 2.24) is 24.7 Å². The van der Waals surface area contributed by atoms with Crippen LogP contribution in [0.4, 0.5) is 5.82 Å². The minimum absolute atomic E-state index is 0.406. The molecule has 0 unspecified atom stereocenters. The van der Waals surface area contributed by atoms with Crippen LogP contribution in [-0.2, 0) is 12.8 Å². The van der Waals surface area contributed by atoms with Crippen molar-refractivity contribution < 1.29 is 4.74 Å². The number of nitrogens with zero attached hydrogens (tertiary/aromatic N) is 5. The molecule has 102 valence electrons. The molecular formula is C11H17N7O. The molecule has 0 aliphatic rings. The van der Waals surface area contributed by atoms with Crippen molar-refractivity contribution >= 4 is 5.82 Å². The van der Waals surface area contributed by atoms with E-state index in [-0.39, 0.29) is 0 Å². The molecule has 0 spiro atoms. The Balaban J connectivity index is 2.60. The van der Waals surface area contributed by atoms with Crippen molar-refractivity contribution in [3.63, 3.8) is 0 Å². The van der Waals surface area contributed by atoms with Gasteiger partial charge in [0.2, 0.25) is 11.6 Å². The van der Waals surface area contributed by atoms with Crippen LogP contribution in [-0.4, -0.2) is 31.8 Å². The quantitative estimate of drug-likeness (QED) is 0.597. The summed E-state index contributed by atoms with van der Waals surface area (Å²) in [4.78, 5) is 12.7. The number of aryl methyl sites for hydroxylation is 2. The van der Waals surface area contributed by atoms with Gasteiger partial charge in [-0.1, -0.05) is 13.8 Å². The number of methoxy groups -OCH3 is 1.